The monoisotopic (exact) mass is 337 g/mol. The second-order valence-corrected chi connectivity index (χ2v) is 6.03. The van der Waals surface area contributed by atoms with Crippen molar-refractivity contribution in [2.45, 2.75) is 19.8 Å². The minimum absolute atomic E-state index is 0.163. The molecule has 0 saturated heterocycles. The van der Waals surface area contributed by atoms with Gasteiger partial charge in [-0.1, -0.05) is 12.1 Å². The van der Waals surface area contributed by atoms with E-state index in [1.165, 1.54) is 4.90 Å². The van der Waals surface area contributed by atoms with Gasteiger partial charge in [-0.25, -0.2) is 0 Å². The summed E-state index contributed by atoms with van der Waals surface area (Å²) >= 11 is 0. The Morgan fingerprint density at radius 2 is 1.72 bits per heavy atom. The van der Waals surface area contributed by atoms with Gasteiger partial charge in [0.15, 0.2) is 0 Å². The highest BCUT2D eigenvalue weighted by atomic mass is 16.2. The quantitative estimate of drug-likeness (QED) is 0.648. The van der Waals surface area contributed by atoms with Crippen LogP contribution in [0.15, 0.2) is 42.5 Å². The van der Waals surface area contributed by atoms with Crippen LogP contribution in [0.4, 0.5) is 11.4 Å². The third kappa shape index (κ3) is 3.38. The number of amides is 3. The summed E-state index contributed by atoms with van der Waals surface area (Å²) in [5.41, 5.74) is 8.77. The van der Waals surface area contributed by atoms with Crippen molar-refractivity contribution in [3.8, 4) is 0 Å². The Morgan fingerprint density at radius 1 is 1.08 bits per heavy atom. The molecule has 0 bridgehead atoms. The molecule has 0 fully saturated rings. The Balaban J connectivity index is 1.54. The zero-order valence-electron chi connectivity index (χ0n) is 13.9. The maximum atomic E-state index is 12.2. The van der Waals surface area contributed by atoms with E-state index in [2.05, 4.69) is 5.32 Å². The number of aryl methyl sites for hydroxylation is 1. The lowest BCUT2D eigenvalue weighted by Crippen LogP contribution is -2.31. The van der Waals surface area contributed by atoms with Crippen LogP contribution in [-0.4, -0.2) is 29.2 Å². The van der Waals surface area contributed by atoms with Crippen LogP contribution in [0.1, 0.15) is 39.1 Å². The Hall–Kier alpha value is -3.15. The molecule has 1 aliphatic rings. The number of fused-ring (bicyclic) bond motifs is 1. The molecule has 0 aliphatic carbocycles. The van der Waals surface area contributed by atoms with Gasteiger partial charge < -0.3 is 11.1 Å². The highest BCUT2D eigenvalue weighted by Crippen LogP contribution is 2.23. The third-order valence-corrected chi connectivity index (χ3v) is 4.19. The fourth-order valence-electron chi connectivity index (χ4n) is 2.88. The molecule has 25 heavy (non-hydrogen) atoms. The van der Waals surface area contributed by atoms with Gasteiger partial charge >= 0.3 is 0 Å². The number of carbonyl (C=O) groups excluding carboxylic acids is 3. The number of carbonyl (C=O) groups is 3. The summed E-state index contributed by atoms with van der Waals surface area (Å²) in [6.07, 6.45) is 0.628. The Morgan fingerprint density at radius 3 is 2.32 bits per heavy atom. The van der Waals surface area contributed by atoms with Crippen LogP contribution >= 0.6 is 0 Å². The summed E-state index contributed by atoms with van der Waals surface area (Å²) in [6.45, 7) is 2.09. The lowest BCUT2D eigenvalue weighted by molar-refractivity contribution is -0.116. The van der Waals surface area contributed by atoms with Gasteiger partial charge in [0, 0.05) is 24.3 Å². The maximum Gasteiger partial charge on any atom is 0.261 e. The van der Waals surface area contributed by atoms with E-state index in [1.807, 2.05) is 6.92 Å². The van der Waals surface area contributed by atoms with Gasteiger partial charge in [-0.3, -0.25) is 19.3 Å². The number of nitrogen functional groups attached to an aromatic ring is 1. The van der Waals surface area contributed by atoms with Crippen LogP contribution < -0.4 is 11.1 Å². The molecular weight excluding hydrogens is 318 g/mol. The molecule has 0 radical (unpaired) electrons. The normalized spacial score (nSPS) is 13.1. The van der Waals surface area contributed by atoms with Crippen LogP contribution in [0, 0.1) is 6.92 Å². The molecule has 128 valence electrons. The lowest BCUT2D eigenvalue weighted by atomic mass is 10.1. The molecule has 3 N–H and O–H groups in total. The number of imide groups is 1. The van der Waals surface area contributed by atoms with E-state index in [0.29, 0.717) is 28.9 Å². The molecule has 2 aromatic carbocycles. The van der Waals surface area contributed by atoms with E-state index in [-0.39, 0.29) is 30.7 Å². The van der Waals surface area contributed by atoms with Crippen LogP contribution in [-0.2, 0) is 4.79 Å². The molecule has 6 heteroatoms. The van der Waals surface area contributed by atoms with Crippen LogP contribution in [0.3, 0.4) is 0 Å². The molecule has 6 nitrogen and oxygen atoms in total. The second kappa shape index (κ2) is 6.76. The Labute approximate surface area is 145 Å². The van der Waals surface area contributed by atoms with Crippen molar-refractivity contribution in [1.29, 1.82) is 0 Å². The van der Waals surface area contributed by atoms with Gasteiger partial charge in [-0.2, -0.15) is 0 Å². The molecule has 0 spiro atoms. The van der Waals surface area contributed by atoms with Gasteiger partial charge in [0.05, 0.1) is 11.1 Å². The minimum Gasteiger partial charge on any atom is -0.399 e. The first-order chi connectivity index (χ1) is 12.0. The molecule has 2 aromatic rings. The Bertz CT molecular complexity index is 826. The summed E-state index contributed by atoms with van der Waals surface area (Å²) in [7, 11) is 0. The van der Waals surface area contributed by atoms with Crippen molar-refractivity contribution in [1.82, 2.24) is 4.90 Å². The predicted octanol–water partition coefficient (Wildman–Crippen LogP) is 2.59. The molecule has 1 heterocycles. The summed E-state index contributed by atoms with van der Waals surface area (Å²) in [6, 6.07) is 12.0. The average molecular weight is 337 g/mol. The van der Waals surface area contributed by atoms with Gasteiger partial charge in [-0.15, -0.1) is 0 Å². The molecule has 3 rings (SSSR count). The smallest absolute Gasteiger partial charge is 0.261 e. The van der Waals surface area contributed by atoms with E-state index in [0.717, 1.165) is 5.56 Å². The largest absolute Gasteiger partial charge is 0.399 e. The van der Waals surface area contributed by atoms with Crippen molar-refractivity contribution in [3.05, 3.63) is 59.2 Å². The number of nitrogens with one attached hydrogen (secondary N) is 1. The van der Waals surface area contributed by atoms with Crippen molar-refractivity contribution in [2.24, 2.45) is 0 Å². The number of nitrogens with two attached hydrogens (primary N) is 1. The fraction of sp³-hybridized carbons (Fsp3) is 0.211. The highest BCUT2D eigenvalue weighted by molar-refractivity contribution is 6.21. The first kappa shape index (κ1) is 16.7. The van der Waals surface area contributed by atoms with Crippen LogP contribution in [0.5, 0.6) is 0 Å². The number of nitrogens with zero attached hydrogens (tertiary/aromatic N) is 1. The first-order valence-electron chi connectivity index (χ1n) is 8.08. The Kier molecular flexibility index (Phi) is 4.52. The van der Waals surface area contributed by atoms with Gasteiger partial charge in [-0.05, 0) is 49.2 Å². The topological polar surface area (TPSA) is 92.5 Å². The fourth-order valence-corrected chi connectivity index (χ4v) is 2.88. The van der Waals surface area contributed by atoms with E-state index in [1.54, 1.807) is 42.5 Å². The maximum absolute atomic E-state index is 12.2. The van der Waals surface area contributed by atoms with Gasteiger partial charge in [0.1, 0.15) is 0 Å². The average Bonchev–Trinajstić information content (AvgIpc) is 2.83. The van der Waals surface area contributed by atoms with Crippen molar-refractivity contribution in [3.63, 3.8) is 0 Å². The van der Waals surface area contributed by atoms with E-state index in [4.69, 9.17) is 5.73 Å². The molecule has 0 atom stereocenters. The summed E-state index contributed by atoms with van der Waals surface area (Å²) in [4.78, 5) is 37.8. The third-order valence-electron chi connectivity index (χ3n) is 4.19. The zero-order chi connectivity index (χ0) is 18.0. The van der Waals surface area contributed by atoms with E-state index >= 15 is 0 Å². The first-order valence-corrected chi connectivity index (χ1v) is 8.08. The van der Waals surface area contributed by atoms with Crippen molar-refractivity contribution >= 4 is 29.1 Å². The number of anilines is 2. The minimum atomic E-state index is -0.296. The molecule has 3 amide bonds. The molecule has 0 unspecified atom stereocenters. The van der Waals surface area contributed by atoms with E-state index in [9.17, 15) is 14.4 Å². The summed E-state index contributed by atoms with van der Waals surface area (Å²) in [5, 5.41) is 2.82. The lowest BCUT2D eigenvalue weighted by Gasteiger charge is -2.14. The highest BCUT2D eigenvalue weighted by Gasteiger charge is 2.34. The van der Waals surface area contributed by atoms with Crippen molar-refractivity contribution in [2.75, 3.05) is 17.6 Å². The van der Waals surface area contributed by atoms with Gasteiger partial charge in [0.25, 0.3) is 11.8 Å². The van der Waals surface area contributed by atoms with Gasteiger partial charge in [0.2, 0.25) is 5.91 Å². The SMILES string of the molecule is Cc1cc(N)ccc1NC(=O)CCCN1C(=O)c2ccccc2C1=O. The van der Waals surface area contributed by atoms with Crippen LogP contribution in [0.25, 0.3) is 0 Å². The van der Waals surface area contributed by atoms with E-state index < -0.39 is 0 Å². The van der Waals surface area contributed by atoms with Crippen LogP contribution in [0.2, 0.25) is 0 Å². The molecule has 0 aromatic heterocycles. The standard InChI is InChI=1S/C19H19N3O3/c1-12-11-13(20)8-9-16(12)21-17(23)7-4-10-22-18(24)14-5-2-3-6-15(14)19(22)25/h2-3,5-6,8-9,11H,4,7,10,20H2,1H3,(H,21,23). The molecule has 0 saturated carbocycles. The zero-order valence-corrected chi connectivity index (χ0v) is 13.9. The molecular formula is C19H19N3O3. The predicted molar refractivity (Wildman–Crippen MR) is 95.3 cm³/mol. The number of rotatable bonds is 5. The number of hydrogen-bond acceptors (Lipinski definition) is 4. The summed E-state index contributed by atoms with van der Waals surface area (Å²) in [5.74, 6) is -0.754. The van der Waals surface area contributed by atoms with Crippen molar-refractivity contribution < 1.29 is 14.4 Å². The number of hydrogen-bond donors (Lipinski definition) is 2. The summed E-state index contributed by atoms with van der Waals surface area (Å²) < 4.78 is 0. The number of benzene rings is 2. The second-order valence-electron chi connectivity index (χ2n) is 6.03. The molecule has 1 aliphatic heterocycles.